The number of benzene rings is 1. The molecular weight excluding hydrogens is 206 g/mol. The molecule has 4 heteroatoms. The Kier molecular flexibility index (Phi) is 4.31. The van der Waals surface area contributed by atoms with E-state index in [4.69, 9.17) is 15.2 Å². The van der Waals surface area contributed by atoms with Gasteiger partial charge in [-0.1, -0.05) is 6.92 Å². The SMILES string of the molecule is CCc1cc(OC)c(OC)c(C(=O)CN)c1. The highest BCUT2D eigenvalue weighted by Gasteiger charge is 2.16. The number of rotatable bonds is 5. The second kappa shape index (κ2) is 5.51. The van der Waals surface area contributed by atoms with Gasteiger partial charge in [-0.05, 0) is 24.1 Å². The summed E-state index contributed by atoms with van der Waals surface area (Å²) in [5, 5.41) is 0. The van der Waals surface area contributed by atoms with E-state index in [-0.39, 0.29) is 12.3 Å². The van der Waals surface area contributed by atoms with E-state index in [1.165, 1.54) is 7.11 Å². The first-order valence-corrected chi connectivity index (χ1v) is 5.16. The lowest BCUT2D eigenvalue weighted by molar-refractivity contribution is 0.0997. The van der Waals surface area contributed by atoms with Crippen molar-refractivity contribution in [3.63, 3.8) is 0 Å². The topological polar surface area (TPSA) is 61.5 Å². The molecule has 0 unspecified atom stereocenters. The molecule has 0 heterocycles. The van der Waals surface area contributed by atoms with Crippen LogP contribution in [0, 0.1) is 0 Å². The van der Waals surface area contributed by atoms with Crippen LogP contribution < -0.4 is 15.2 Å². The molecule has 0 aliphatic rings. The van der Waals surface area contributed by atoms with Crippen LogP contribution in [-0.4, -0.2) is 26.5 Å². The third-order valence-electron chi connectivity index (χ3n) is 2.43. The van der Waals surface area contributed by atoms with Crippen LogP contribution in [0.3, 0.4) is 0 Å². The summed E-state index contributed by atoms with van der Waals surface area (Å²) in [5.74, 6) is 0.874. The first kappa shape index (κ1) is 12.5. The summed E-state index contributed by atoms with van der Waals surface area (Å²) in [7, 11) is 3.06. The number of aryl methyl sites for hydroxylation is 1. The number of nitrogens with two attached hydrogens (primary N) is 1. The van der Waals surface area contributed by atoms with Gasteiger partial charge in [0.2, 0.25) is 0 Å². The van der Waals surface area contributed by atoms with E-state index in [0.717, 1.165) is 12.0 Å². The Labute approximate surface area is 95.3 Å². The average molecular weight is 223 g/mol. The maximum atomic E-state index is 11.7. The highest BCUT2D eigenvalue weighted by atomic mass is 16.5. The van der Waals surface area contributed by atoms with Gasteiger partial charge in [-0.15, -0.1) is 0 Å². The molecule has 88 valence electrons. The van der Waals surface area contributed by atoms with Crippen LogP contribution in [0.4, 0.5) is 0 Å². The van der Waals surface area contributed by atoms with Gasteiger partial charge in [0.05, 0.1) is 26.3 Å². The van der Waals surface area contributed by atoms with E-state index in [0.29, 0.717) is 17.1 Å². The molecule has 0 saturated heterocycles. The predicted molar refractivity (Wildman–Crippen MR) is 62.3 cm³/mol. The molecule has 0 saturated carbocycles. The van der Waals surface area contributed by atoms with Crippen molar-refractivity contribution in [2.45, 2.75) is 13.3 Å². The summed E-state index contributed by atoms with van der Waals surface area (Å²) in [6.07, 6.45) is 0.825. The quantitative estimate of drug-likeness (QED) is 0.767. The Balaban J connectivity index is 3.36. The Morgan fingerprint density at radius 2 is 2.00 bits per heavy atom. The van der Waals surface area contributed by atoms with Crippen molar-refractivity contribution in [2.24, 2.45) is 5.73 Å². The van der Waals surface area contributed by atoms with E-state index in [1.54, 1.807) is 13.2 Å². The molecule has 16 heavy (non-hydrogen) atoms. The fourth-order valence-electron chi connectivity index (χ4n) is 1.54. The number of hydrogen-bond donors (Lipinski definition) is 1. The molecule has 0 fully saturated rings. The summed E-state index contributed by atoms with van der Waals surface area (Å²) in [6.45, 7) is 1.98. The third kappa shape index (κ3) is 2.33. The maximum absolute atomic E-state index is 11.7. The van der Waals surface area contributed by atoms with Gasteiger partial charge in [-0.3, -0.25) is 4.79 Å². The first-order chi connectivity index (χ1) is 7.67. The molecule has 2 N–H and O–H groups in total. The second-order valence-corrected chi connectivity index (χ2v) is 3.36. The fraction of sp³-hybridized carbons (Fsp3) is 0.417. The molecule has 0 bridgehead atoms. The van der Waals surface area contributed by atoms with Crippen LogP contribution in [0.25, 0.3) is 0 Å². The van der Waals surface area contributed by atoms with Crippen LogP contribution in [0.15, 0.2) is 12.1 Å². The number of ketones is 1. The number of methoxy groups -OCH3 is 2. The summed E-state index contributed by atoms with van der Waals surface area (Å²) < 4.78 is 10.4. The van der Waals surface area contributed by atoms with Crippen LogP contribution in [0.5, 0.6) is 11.5 Å². The van der Waals surface area contributed by atoms with Crippen molar-refractivity contribution in [1.82, 2.24) is 0 Å². The lowest BCUT2D eigenvalue weighted by atomic mass is 10.0. The second-order valence-electron chi connectivity index (χ2n) is 3.36. The molecule has 0 aliphatic carbocycles. The Hall–Kier alpha value is -1.55. The van der Waals surface area contributed by atoms with Crippen LogP contribution in [0.2, 0.25) is 0 Å². The Morgan fingerprint density at radius 3 is 2.44 bits per heavy atom. The standard InChI is InChI=1S/C12H17NO3/c1-4-8-5-9(10(14)7-13)12(16-3)11(6-8)15-2/h5-6H,4,7,13H2,1-3H3. The predicted octanol–water partition coefficient (Wildman–Crippen LogP) is 1.41. The van der Waals surface area contributed by atoms with Gasteiger partial charge in [0.1, 0.15) is 0 Å². The summed E-state index contributed by atoms with van der Waals surface area (Å²) >= 11 is 0. The molecule has 1 rings (SSSR count). The van der Waals surface area contributed by atoms with Gasteiger partial charge in [-0.2, -0.15) is 0 Å². The smallest absolute Gasteiger partial charge is 0.180 e. The van der Waals surface area contributed by atoms with Crippen molar-refractivity contribution < 1.29 is 14.3 Å². The fourth-order valence-corrected chi connectivity index (χ4v) is 1.54. The van der Waals surface area contributed by atoms with E-state index in [1.807, 2.05) is 13.0 Å². The summed E-state index contributed by atoms with van der Waals surface area (Å²) in [5.41, 5.74) is 6.87. The highest BCUT2D eigenvalue weighted by molar-refractivity contribution is 6.01. The molecule has 1 aromatic carbocycles. The third-order valence-corrected chi connectivity index (χ3v) is 2.43. The molecule has 0 aliphatic heterocycles. The van der Waals surface area contributed by atoms with Gasteiger partial charge in [0.15, 0.2) is 17.3 Å². The van der Waals surface area contributed by atoms with Crippen molar-refractivity contribution >= 4 is 5.78 Å². The van der Waals surface area contributed by atoms with Crippen LogP contribution in [-0.2, 0) is 6.42 Å². The van der Waals surface area contributed by atoms with Gasteiger partial charge < -0.3 is 15.2 Å². The normalized spacial score (nSPS) is 10.0. The molecule has 4 nitrogen and oxygen atoms in total. The number of hydrogen-bond acceptors (Lipinski definition) is 4. The van der Waals surface area contributed by atoms with Gasteiger partial charge in [0.25, 0.3) is 0 Å². The first-order valence-electron chi connectivity index (χ1n) is 5.16. The van der Waals surface area contributed by atoms with Gasteiger partial charge >= 0.3 is 0 Å². The van der Waals surface area contributed by atoms with E-state index < -0.39 is 0 Å². The number of carbonyl (C=O) groups excluding carboxylic acids is 1. The van der Waals surface area contributed by atoms with Gasteiger partial charge in [-0.25, -0.2) is 0 Å². The summed E-state index contributed by atoms with van der Waals surface area (Å²) in [6, 6.07) is 3.67. The zero-order chi connectivity index (χ0) is 12.1. The molecular formula is C12H17NO3. The molecule has 0 spiro atoms. The number of Topliss-reactive ketones (excluding diaryl/α,β-unsaturated/α-hetero) is 1. The lowest BCUT2D eigenvalue weighted by Gasteiger charge is -2.13. The zero-order valence-electron chi connectivity index (χ0n) is 9.87. The molecule has 0 radical (unpaired) electrons. The Morgan fingerprint density at radius 1 is 1.31 bits per heavy atom. The highest BCUT2D eigenvalue weighted by Crippen LogP contribution is 2.32. The lowest BCUT2D eigenvalue weighted by Crippen LogP contribution is -2.15. The van der Waals surface area contributed by atoms with Gasteiger partial charge in [0, 0.05) is 0 Å². The van der Waals surface area contributed by atoms with Crippen molar-refractivity contribution in [1.29, 1.82) is 0 Å². The van der Waals surface area contributed by atoms with E-state index >= 15 is 0 Å². The molecule has 0 amide bonds. The Bertz CT molecular complexity index is 388. The molecule has 0 aromatic heterocycles. The minimum atomic E-state index is -0.148. The average Bonchev–Trinajstić information content (AvgIpc) is 2.35. The molecule has 0 atom stereocenters. The van der Waals surface area contributed by atoms with Crippen molar-refractivity contribution in [3.8, 4) is 11.5 Å². The minimum absolute atomic E-state index is 0.0350. The largest absolute Gasteiger partial charge is 0.493 e. The van der Waals surface area contributed by atoms with Crippen LogP contribution >= 0.6 is 0 Å². The number of ether oxygens (including phenoxy) is 2. The number of carbonyl (C=O) groups is 1. The molecule has 1 aromatic rings. The van der Waals surface area contributed by atoms with E-state index in [9.17, 15) is 4.79 Å². The van der Waals surface area contributed by atoms with Crippen molar-refractivity contribution in [3.05, 3.63) is 23.3 Å². The summed E-state index contributed by atoms with van der Waals surface area (Å²) in [4.78, 5) is 11.7. The monoisotopic (exact) mass is 223 g/mol. The van der Waals surface area contributed by atoms with E-state index in [2.05, 4.69) is 0 Å². The minimum Gasteiger partial charge on any atom is -0.493 e. The maximum Gasteiger partial charge on any atom is 0.180 e. The zero-order valence-corrected chi connectivity index (χ0v) is 9.87. The van der Waals surface area contributed by atoms with Crippen LogP contribution in [0.1, 0.15) is 22.8 Å². The van der Waals surface area contributed by atoms with Crippen molar-refractivity contribution in [2.75, 3.05) is 20.8 Å².